The average molecular weight is 600 g/mol. The normalized spacial score (nSPS) is 12.7. The highest BCUT2D eigenvalue weighted by atomic mass is 35.5. The molecule has 1 N–H and O–H groups in total. The molecule has 0 aliphatic carbocycles. The molecule has 0 aliphatic rings. The van der Waals surface area contributed by atoms with Crippen LogP contribution >= 0.6 is 11.6 Å². The molecule has 41 heavy (non-hydrogen) atoms. The van der Waals surface area contributed by atoms with Crippen molar-refractivity contribution in [2.45, 2.75) is 64.6 Å². The van der Waals surface area contributed by atoms with Crippen molar-refractivity contribution in [1.29, 1.82) is 0 Å². The molecule has 0 unspecified atom stereocenters. The molecular weight excluding hydrogens is 562 g/mol. The van der Waals surface area contributed by atoms with Crippen LogP contribution in [-0.2, 0) is 26.2 Å². The molecular formula is C31H38ClN3O5S. The number of anilines is 1. The Balaban J connectivity index is 2.09. The number of hydrogen-bond donors (Lipinski definition) is 1. The predicted molar refractivity (Wildman–Crippen MR) is 163 cm³/mol. The Morgan fingerprint density at radius 1 is 0.951 bits per heavy atom. The van der Waals surface area contributed by atoms with Crippen LogP contribution in [0.1, 0.15) is 45.2 Å². The number of nitrogens with one attached hydrogen (secondary N) is 1. The lowest BCUT2D eigenvalue weighted by Crippen LogP contribution is -2.52. The molecule has 0 saturated carbocycles. The van der Waals surface area contributed by atoms with Crippen molar-refractivity contribution in [2.75, 3.05) is 17.5 Å². The van der Waals surface area contributed by atoms with Crippen LogP contribution in [0.4, 0.5) is 5.69 Å². The number of halogens is 1. The Morgan fingerprint density at radius 3 is 2.22 bits per heavy atom. The Labute approximate surface area is 248 Å². The lowest BCUT2D eigenvalue weighted by atomic mass is 10.1. The van der Waals surface area contributed by atoms with Gasteiger partial charge in [0.05, 0.1) is 17.2 Å². The number of hydrogen-bond acceptors (Lipinski definition) is 5. The monoisotopic (exact) mass is 599 g/mol. The van der Waals surface area contributed by atoms with Gasteiger partial charge in [-0.15, -0.1) is 0 Å². The molecule has 2 atom stereocenters. The van der Waals surface area contributed by atoms with Gasteiger partial charge in [-0.3, -0.25) is 13.9 Å². The highest BCUT2D eigenvalue weighted by molar-refractivity contribution is 7.92. The SMILES string of the molecule is CCOc1ccccc1N(CC(=O)N(Cc1ccccc1Cl)[C@H](C)C(=O)N[C@@H](C)CC)S(=O)(=O)c1ccc(C)cc1. The number of aryl methyl sites for hydroxylation is 1. The van der Waals surface area contributed by atoms with Gasteiger partial charge in [0.1, 0.15) is 18.3 Å². The first-order valence-corrected chi connectivity index (χ1v) is 15.5. The molecule has 0 radical (unpaired) electrons. The van der Waals surface area contributed by atoms with E-state index in [-0.39, 0.29) is 29.1 Å². The third kappa shape index (κ3) is 8.01. The molecule has 0 fully saturated rings. The van der Waals surface area contributed by atoms with Gasteiger partial charge in [-0.25, -0.2) is 8.42 Å². The van der Waals surface area contributed by atoms with Gasteiger partial charge < -0.3 is 15.0 Å². The molecule has 0 heterocycles. The fraction of sp³-hybridized carbons (Fsp3) is 0.355. The zero-order valence-corrected chi connectivity index (χ0v) is 25.7. The summed E-state index contributed by atoms with van der Waals surface area (Å²) in [4.78, 5) is 28.7. The van der Waals surface area contributed by atoms with Gasteiger partial charge in [0, 0.05) is 17.6 Å². The van der Waals surface area contributed by atoms with Crippen LogP contribution in [0.25, 0.3) is 0 Å². The quantitative estimate of drug-likeness (QED) is 0.277. The van der Waals surface area contributed by atoms with Crippen LogP contribution in [-0.4, -0.2) is 50.4 Å². The molecule has 2 amide bonds. The van der Waals surface area contributed by atoms with Crippen LogP contribution < -0.4 is 14.4 Å². The van der Waals surface area contributed by atoms with Crippen molar-refractivity contribution in [3.05, 3.63) is 88.9 Å². The summed E-state index contributed by atoms with van der Waals surface area (Å²) in [6.45, 7) is 8.86. The Bertz CT molecular complexity index is 1450. The van der Waals surface area contributed by atoms with Crippen LogP contribution in [0.3, 0.4) is 0 Å². The first kappa shape index (κ1) is 32.0. The lowest BCUT2D eigenvalue weighted by molar-refractivity contribution is -0.139. The van der Waals surface area contributed by atoms with Crippen LogP contribution in [0.15, 0.2) is 77.7 Å². The summed E-state index contributed by atoms with van der Waals surface area (Å²) in [5.74, 6) is -0.597. The number of sulfonamides is 1. The standard InChI is InChI=1S/C31H38ClN3O5S/c1-6-23(4)33-31(37)24(5)34(20-25-12-8-9-13-27(25)32)30(36)21-35(28-14-10-11-15-29(28)40-7-2)41(38,39)26-18-16-22(3)17-19-26/h8-19,23-24H,6-7,20-21H2,1-5H3,(H,33,37)/t23-,24+/m0/s1. The molecule has 0 bridgehead atoms. The number of amides is 2. The van der Waals surface area contributed by atoms with Crippen molar-refractivity contribution in [3.63, 3.8) is 0 Å². The summed E-state index contributed by atoms with van der Waals surface area (Å²) in [7, 11) is -4.21. The molecule has 0 aliphatic heterocycles. The molecule has 10 heteroatoms. The lowest BCUT2D eigenvalue weighted by Gasteiger charge is -2.33. The molecule has 0 saturated heterocycles. The second-order valence-electron chi connectivity index (χ2n) is 9.83. The first-order valence-electron chi connectivity index (χ1n) is 13.6. The largest absolute Gasteiger partial charge is 0.492 e. The van der Waals surface area contributed by atoms with Crippen LogP contribution in [0, 0.1) is 6.92 Å². The van der Waals surface area contributed by atoms with Gasteiger partial charge >= 0.3 is 0 Å². The van der Waals surface area contributed by atoms with Crippen LogP contribution in [0.5, 0.6) is 5.75 Å². The number of rotatable bonds is 13. The molecule has 0 spiro atoms. The van der Waals surface area contributed by atoms with Crippen LogP contribution in [0.2, 0.25) is 5.02 Å². The van der Waals surface area contributed by atoms with E-state index < -0.39 is 28.5 Å². The molecule has 0 aromatic heterocycles. The van der Waals surface area contributed by atoms with Crippen molar-refractivity contribution in [2.24, 2.45) is 0 Å². The average Bonchev–Trinajstić information content (AvgIpc) is 2.95. The summed E-state index contributed by atoms with van der Waals surface area (Å²) in [6.07, 6.45) is 0.716. The predicted octanol–water partition coefficient (Wildman–Crippen LogP) is 5.57. The first-order chi connectivity index (χ1) is 19.5. The molecule has 3 aromatic carbocycles. The summed E-state index contributed by atoms with van der Waals surface area (Å²) in [5.41, 5.74) is 1.75. The summed E-state index contributed by atoms with van der Waals surface area (Å²) in [6, 6.07) is 19.1. The Hall–Kier alpha value is -3.56. The van der Waals surface area contributed by atoms with Crippen molar-refractivity contribution in [1.82, 2.24) is 10.2 Å². The zero-order valence-electron chi connectivity index (χ0n) is 24.1. The fourth-order valence-corrected chi connectivity index (χ4v) is 5.77. The molecule has 220 valence electrons. The minimum absolute atomic E-state index is 0.0130. The zero-order chi connectivity index (χ0) is 30.2. The minimum atomic E-state index is -4.21. The van der Waals surface area contributed by atoms with Gasteiger partial charge in [-0.1, -0.05) is 66.6 Å². The van der Waals surface area contributed by atoms with E-state index >= 15 is 0 Å². The maximum Gasteiger partial charge on any atom is 0.264 e. The number of carbonyl (C=O) groups excluding carboxylic acids is 2. The van der Waals surface area contributed by atoms with E-state index in [9.17, 15) is 18.0 Å². The topological polar surface area (TPSA) is 96.0 Å². The van der Waals surface area contributed by atoms with E-state index in [2.05, 4.69) is 5.32 Å². The number of ether oxygens (including phenoxy) is 1. The van der Waals surface area contributed by atoms with E-state index in [1.54, 1.807) is 74.5 Å². The Kier molecular flexibility index (Phi) is 11.2. The van der Waals surface area contributed by atoms with Gasteiger partial charge in [0.15, 0.2) is 0 Å². The molecule has 3 rings (SSSR count). The smallest absolute Gasteiger partial charge is 0.264 e. The summed E-state index contributed by atoms with van der Waals surface area (Å²) in [5, 5.41) is 3.36. The second kappa shape index (κ2) is 14.4. The minimum Gasteiger partial charge on any atom is -0.492 e. The van der Waals surface area contributed by atoms with Gasteiger partial charge in [0.25, 0.3) is 10.0 Å². The third-order valence-corrected chi connectivity index (χ3v) is 8.93. The maximum atomic E-state index is 14.1. The van der Waals surface area contributed by atoms with Crippen molar-refractivity contribution < 1.29 is 22.7 Å². The van der Waals surface area contributed by atoms with Crippen molar-refractivity contribution in [3.8, 4) is 5.75 Å². The number of nitrogens with zero attached hydrogens (tertiary/aromatic N) is 2. The highest BCUT2D eigenvalue weighted by Gasteiger charge is 2.34. The molecule has 3 aromatic rings. The van der Waals surface area contributed by atoms with E-state index in [1.807, 2.05) is 20.8 Å². The van der Waals surface area contributed by atoms with Crippen molar-refractivity contribution >= 4 is 39.1 Å². The van der Waals surface area contributed by atoms with Gasteiger partial charge in [0.2, 0.25) is 11.8 Å². The van der Waals surface area contributed by atoms with E-state index in [1.165, 1.54) is 17.0 Å². The highest BCUT2D eigenvalue weighted by Crippen LogP contribution is 2.33. The van der Waals surface area contributed by atoms with E-state index in [4.69, 9.17) is 16.3 Å². The number of para-hydroxylation sites is 2. The van der Waals surface area contributed by atoms with E-state index in [0.717, 1.165) is 9.87 Å². The van der Waals surface area contributed by atoms with E-state index in [0.29, 0.717) is 29.4 Å². The number of benzene rings is 3. The maximum absolute atomic E-state index is 14.1. The number of carbonyl (C=O) groups is 2. The third-order valence-electron chi connectivity index (χ3n) is 6.79. The second-order valence-corrected chi connectivity index (χ2v) is 12.1. The fourth-order valence-electron chi connectivity index (χ4n) is 4.15. The molecule has 8 nitrogen and oxygen atoms in total. The Morgan fingerprint density at radius 2 is 1.59 bits per heavy atom. The summed E-state index contributed by atoms with van der Waals surface area (Å²) < 4.78 is 34.9. The summed E-state index contributed by atoms with van der Waals surface area (Å²) >= 11 is 6.43. The van der Waals surface area contributed by atoms with Gasteiger partial charge in [-0.2, -0.15) is 0 Å². The van der Waals surface area contributed by atoms with Gasteiger partial charge in [-0.05, 0) is 70.0 Å².